The topological polar surface area (TPSA) is 69.5 Å². The molecule has 0 spiro atoms. The van der Waals surface area contributed by atoms with Crippen molar-refractivity contribution in [2.45, 2.75) is 57.7 Å². The molecule has 1 aliphatic carbocycles. The molecule has 174 valence electrons. The Morgan fingerprint density at radius 1 is 1.21 bits per heavy atom. The van der Waals surface area contributed by atoms with Crippen LogP contribution in [0.2, 0.25) is 0 Å². The second-order valence-electron chi connectivity index (χ2n) is 9.51. The molecular weight excluding hydrogens is 484 g/mol. The molecule has 7 nitrogen and oxygen atoms in total. The molecular formula is C25H29BrN4O3. The van der Waals surface area contributed by atoms with E-state index in [0.29, 0.717) is 23.4 Å². The first-order valence-electron chi connectivity index (χ1n) is 11.4. The molecule has 1 unspecified atom stereocenters. The largest absolute Gasteiger partial charge is 0.497 e. The average molecular weight is 513 g/mol. The van der Waals surface area contributed by atoms with Crippen molar-refractivity contribution in [1.29, 1.82) is 0 Å². The van der Waals surface area contributed by atoms with E-state index in [1.807, 2.05) is 48.5 Å². The molecule has 1 saturated heterocycles. The standard InChI is InChI=1S/C25H29BrN4O3/c1-15(17-5-7-19(32-4)8-6-17)29-13-18(11-22(29)31)16(2)33-24-23-20(12-21(26)28-24)27-14-30(23)25(3)9-10-25/h5-8,12,14-16,18H,9-11,13H2,1-4H3/t15-,16-,18?/m1/s1. The van der Waals surface area contributed by atoms with Crippen LogP contribution in [0.5, 0.6) is 11.6 Å². The zero-order valence-corrected chi connectivity index (χ0v) is 21.0. The van der Waals surface area contributed by atoms with E-state index in [2.05, 4.69) is 44.3 Å². The summed E-state index contributed by atoms with van der Waals surface area (Å²) in [5.74, 6) is 1.63. The van der Waals surface area contributed by atoms with Crippen LogP contribution in [0.1, 0.15) is 51.6 Å². The highest BCUT2D eigenvalue weighted by atomic mass is 79.9. The molecule has 1 amide bonds. The second-order valence-corrected chi connectivity index (χ2v) is 10.3. The SMILES string of the molecule is COc1ccc([C@@H](C)N2CC([C@@H](C)Oc3nc(Br)cc4ncn(C5(C)CC5)c34)CC2=O)cc1. The van der Waals surface area contributed by atoms with Crippen molar-refractivity contribution in [3.63, 3.8) is 0 Å². The first-order chi connectivity index (χ1) is 15.8. The number of amides is 1. The minimum Gasteiger partial charge on any atom is -0.497 e. The lowest BCUT2D eigenvalue weighted by Gasteiger charge is -2.27. The predicted molar refractivity (Wildman–Crippen MR) is 129 cm³/mol. The average Bonchev–Trinajstić information content (AvgIpc) is 3.20. The van der Waals surface area contributed by atoms with Gasteiger partial charge in [0.25, 0.3) is 0 Å². The number of nitrogens with zero attached hydrogens (tertiary/aromatic N) is 4. The Morgan fingerprint density at radius 3 is 2.61 bits per heavy atom. The van der Waals surface area contributed by atoms with Crippen LogP contribution in [-0.4, -0.2) is 45.1 Å². The molecule has 2 fully saturated rings. The number of carbonyl (C=O) groups is 1. The van der Waals surface area contributed by atoms with Gasteiger partial charge in [-0.1, -0.05) is 12.1 Å². The van der Waals surface area contributed by atoms with Crippen molar-refractivity contribution in [2.75, 3.05) is 13.7 Å². The van der Waals surface area contributed by atoms with Gasteiger partial charge in [0.1, 0.15) is 22.0 Å². The van der Waals surface area contributed by atoms with Gasteiger partial charge in [0, 0.05) is 24.4 Å². The Hall–Kier alpha value is -2.61. The Balaban J connectivity index is 1.34. The summed E-state index contributed by atoms with van der Waals surface area (Å²) >= 11 is 3.49. The van der Waals surface area contributed by atoms with Gasteiger partial charge in [-0.3, -0.25) is 4.79 Å². The highest BCUT2D eigenvalue weighted by Gasteiger charge is 2.41. The molecule has 3 aromatic rings. The number of aromatic nitrogens is 3. The van der Waals surface area contributed by atoms with E-state index in [4.69, 9.17) is 9.47 Å². The lowest BCUT2D eigenvalue weighted by Crippen LogP contribution is -2.31. The summed E-state index contributed by atoms with van der Waals surface area (Å²) in [6, 6.07) is 9.82. The van der Waals surface area contributed by atoms with Crippen molar-refractivity contribution in [3.05, 3.63) is 46.8 Å². The maximum Gasteiger partial charge on any atom is 0.241 e. The Kier molecular flexibility index (Phi) is 5.59. The minimum absolute atomic E-state index is 0.00689. The van der Waals surface area contributed by atoms with Gasteiger partial charge in [-0.2, -0.15) is 0 Å². The van der Waals surface area contributed by atoms with Gasteiger partial charge in [-0.15, -0.1) is 0 Å². The molecule has 3 atom stereocenters. The zero-order valence-electron chi connectivity index (χ0n) is 19.4. The van der Waals surface area contributed by atoms with Crippen LogP contribution in [0.4, 0.5) is 0 Å². The molecule has 0 N–H and O–H groups in total. The van der Waals surface area contributed by atoms with Crippen LogP contribution in [-0.2, 0) is 10.3 Å². The maximum atomic E-state index is 12.9. The van der Waals surface area contributed by atoms with Gasteiger partial charge in [-0.25, -0.2) is 9.97 Å². The van der Waals surface area contributed by atoms with Crippen LogP contribution in [0, 0.1) is 5.92 Å². The summed E-state index contributed by atoms with van der Waals surface area (Å²) in [6.07, 6.45) is 4.44. The summed E-state index contributed by atoms with van der Waals surface area (Å²) in [7, 11) is 1.65. The van der Waals surface area contributed by atoms with Crippen LogP contribution in [0.15, 0.2) is 41.3 Å². The molecule has 5 rings (SSSR count). The third-order valence-corrected chi connectivity index (χ3v) is 7.64. The van der Waals surface area contributed by atoms with Crippen molar-refractivity contribution < 1.29 is 14.3 Å². The number of ether oxygens (including phenoxy) is 2. The van der Waals surface area contributed by atoms with Gasteiger partial charge in [0.2, 0.25) is 11.8 Å². The van der Waals surface area contributed by atoms with E-state index in [0.717, 1.165) is 35.2 Å². The third kappa shape index (κ3) is 4.09. The van der Waals surface area contributed by atoms with Crippen molar-refractivity contribution >= 4 is 32.9 Å². The Bertz CT molecular complexity index is 1190. The van der Waals surface area contributed by atoms with E-state index in [-0.39, 0.29) is 29.5 Å². The van der Waals surface area contributed by atoms with Crippen molar-refractivity contribution in [1.82, 2.24) is 19.4 Å². The van der Waals surface area contributed by atoms with E-state index >= 15 is 0 Å². The summed E-state index contributed by atoms with van der Waals surface area (Å²) in [4.78, 5) is 24.1. The highest BCUT2D eigenvalue weighted by molar-refractivity contribution is 9.10. The number of pyridine rings is 1. The van der Waals surface area contributed by atoms with E-state index in [9.17, 15) is 4.79 Å². The predicted octanol–water partition coefficient (Wildman–Crippen LogP) is 5.09. The van der Waals surface area contributed by atoms with Gasteiger partial charge in [-0.05, 0) is 73.3 Å². The molecule has 8 heteroatoms. The number of likely N-dealkylation sites (tertiary alicyclic amines) is 1. The third-order valence-electron chi connectivity index (χ3n) is 7.23. The second kappa shape index (κ2) is 8.31. The fourth-order valence-electron chi connectivity index (χ4n) is 4.67. The smallest absolute Gasteiger partial charge is 0.241 e. The number of benzene rings is 1. The molecule has 1 aromatic carbocycles. The fourth-order valence-corrected chi connectivity index (χ4v) is 5.05. The lowest BCUT2D eigenvalue weighted by molar-refractivity contribution is -0.129. The van der Waals surface area contributed by atoms with E-state index < -0.39 is 0 Å². The fraction of sp³-hybridized carbons (Fsp3) is 0.480. The highest BCUT2D eigenvalue weighted by Crippen LogP contribution is 2.46. The number of hydrogen-bond acceptors (Lipinski definition) is 5. The van der Waals surface area contributed by atoms with Gasteiger partial charge >= 0.3 is 0 Å². The first-order valence-corrected chi connectivity index (χ1v) is 12.2. The summed E-state index contributed by atoms with van der Waals surface area (Å²) in [6.45, 7) is 6.99. The minimum atomic E-state index is -0.164. The molecule has 0 bridgehead atoms. The van der Waals surface area contributed by atoms with Gasteiger partial charge in [0.05, 0.1) is 25.0 Å². The number of fused-ring (bicyclic) bond motifs is 1. The summed E-state index contributed by atoms with van der Waals surface area (Å²) < 4.78 is 14.6. The molecule has 3 heterocycles. The van der Waals surface area contributed by atoms with Gasteiger partial charge < -0.3 is 18.9 Å². The molecule has 2 aliphatic rings. The summed E-state index contributed by atoms with van der Waals surface area (Å²) in [5, 5.41) is 0. The molecule has 0 radical (unpaired) electrons. The zero-order chi connectivity index (χ0) is 23.3. The number of hydrogen-bond donors (Lipinski definition) is 0. The van der Waals surface area contributed by atoms with Crippen LogP contribution in [0.3, 0.4) is 0 Å². The Labute approximate surface area is 202 Å². The number of carbonyl (C=O) groups excluding carboxylic acids is 1. The number of imidazole rings is 1. The number of methoxy groups -OCH3 is 1. The van der Waals surface area contributed by atoms with E-state index in [1.165, 1.54) is 0 Å². The van der Waals surface area contributed by atoms with Crippen LogP contribution in [0.25, 0.3) is 11.0 Å². The molecule has 1 aliphatic heterocycles. The van der Waals surface area contributed by atoms with E-state index in [1.54, 1.807) is 7.11 Å². The lowest BCUT2D eigenvalue weighted by atomic mass is 10.0. The number of halogens is 1. The van der Waals surface area contributed by atoms with Gasteiger partial charge in [0.15, 0.2) is 0 Å². The summed E-state index contributed by atoms with van der Waals surface area (Å²) in [5.41, 5.74) is 2.97. The first kappa shape index (κ1) is 22.2. The van der Waals surface area contributed by atoms with Crippen molar-refractivity contribution in [3.8, 4) is 11.6 Å². The molecule has 33 heavy (non-hydrogen) atoms. The van der Waals surface area contributed by atoms with Crippen LogP contribution < -0.4 is 9.47 Å². The normalized spacial score (nSPS) is 21.3. The Morgan fingerprint density at radius 2 is 1.94 bits per heavy atom. The van der Waals surface area contributed by atoms with Crippen molar-refractivity contribution in [2.24, 2.45) is 5.92 Å². The monoisotopic (exact) mass is 512 g/mol. The quantitative estimate of drug-likeness (QED) is 0.412. The van der Waals surface area contributed by atoms with Crippen LogP contribution >= 0.6 is 15.9 Å². The maximum absolute atomic E-state index is 12.9. The number of rotatable bonds is 7. The molecule has 1 saturated carbocycles. The molecule has 2 aromatic heterocycles.